The van der Waals surface area contributed by atoms with Crippen LogP contribution < -0.4 is 5.32 Å². The Morgan fingerprint density at radius 3 is 2.62 bits per heavy atom. The summed E-state index contributed by atoms with van der Waals surface area (Å²) in [6.45, 7) is 3.62. The molecule has 0 aliphatic carbocycles. The number of carbonyl (C=O) groups is 2. The molecule has 2 heterocycles. The molecule has 1 N–H and O–H groups in total. The molecule has 1 aromatic heterocycles. The average Bonchev–Trinajstić information content (AvgIpc) is 3.15. The fraction of sp³-hybridized carbons (Fsp3) is 0.421. The van der Waals surface area contributed by atoms with E-state index in [1.54, 1.807) is 11.3 Å². The van der Waals surface area contributed by atoms with Crippen LogP contribution in [0.15, 0.2) is 29.6 Å². The van der Waals surface area contributed by atoms with Gasteiger partial charge in [-0.05, 0) is 37.1 Å². The number of hydrogen-bond donors (Lipinski definition) is 1. The summed E-state index contributed by atoms with van der Waals surface area (Å²) in [6.07, 6.45) is 2.19. The van der Waals surface area contributed by atoms with E-state index in [0.29, 0.717) is 37.5 Å². The van der Waals surface area contributed by atoms with Crippen molar-refractivity contribution in [3.05, 3.63) is 51.7 Å². The normalized spacial score (nSPS) is 15.1. The summed E-state index contributed by atoms with van der Waals surface area (Å²) >= 11 is 1.62. The Morgan fingerprint density at radius 2 is 1.96 bits per heavy atom. The minimum Gasteiger partial charge on any atom is -0.350 e. The predicted octanol–water partition coefficient (Wildman–Crippen LogP) is 3.33. The van der Waals surface area contributed by atoms with E-state index in [4.69, 9.17) is 0 Å². The second-order valence-electron chi connectivity index (χ2n) is 6.38. The van der Waals surface area contributed by atoms with E-state index in [-0.39, 0.29) is 17.6 Å². The van der Waals surface area contributed by atoms with Crippen LogP contribution in [0.1, 0.15) is 53.2 Å². The number of benzene rings is 1. The third kappa shape index (κ3) is 4.46. The number of thiazole rings is 1. The molecule has 1 aliphatic rings. The summed E-state index contributed by atoms with van der Waals surface area (Å²) in [5.74, 6) is -0.0272. The Labute approximate surface area is 156 Å². The molecule has 1 fully saturated rings. The van der Waals surface area contributed by atoms with Crippen LogP contribution in [0.2, 0.25) is 0 Å². The van der Waals surface area contributed by atoms with Gasteiger partial charge in [0.05, 0.1) is 17.2 Å². The maximum absolute atomic E-state index is 13.0. The number of nitrogens with zero attached hydrogens (tertiary/aromatic N) is 2. The second kappa shape index (κ2) is 8.40. The molecule has 1 aromatic carbocycles. The van der Waals surface area contributed by atoms with Crippen molar-refractivity contribution in [2.24, 2.45) is 0 Å². The van der Waals surface area contributed by atoms with E-state index < -0.39 is 0 Å². The zero-order valence-electron chi connectivity index (χ0n) is 14.7. The zero-order valence-corrected chi connectivity index (χ0v) is 15.5. The first-order valence-corrected chi connectivity index (χ1v) is 9.70. The maximum Gasteiger partial charge on any atom is 0.253 e. The van der Waals surface area contributed by atoms with Crippen LogP contribution in [0.5, 0.6) is 0 Å². The summed E-state index contributed by atoms with van der Waals surface area (Å²) < 4.78 is 13.0. The van der Waals surface area contributed by atoms with Crippen molar-refractivity contribution in [1.29, 1.82) is 0 Å². The highest BCUT2D eigenvalue weighted by atomic mass is 32.1. The van der Waals surface area contributed by atoms with Gasteiger partial charge in [-0.1, -0.05) is 6.92 Å². The van der Waals surface area contributed by atoms with Gasteiger partial charge in [0, 0.05) is 36.4 Å². The van der Waals surface area contributed by atoms with Gasteiger partial charge in [0.1, 0.15) is 5.82 Å². The summed E-state index contributed by atoms with van der Waals surface area (Å²) in [6, 6.07) is 5.69. The molecule has 2 amide bonds. The van der Waals surface area contributed by atoms with Crippen LogP contribution in [-0.4, -0.2) is 34.8 Å². The average molecular weight is 375 g/mol. The second-order valence-corrected chi connectivity index (χ2v) is 7.27. The third-order valence-corrected chi connectivity index (χ3v) is 5.64. The van der Waals surface area contributed by atoms with Crippen molar-refractivity contribution < 1.29 is 14.0 Å². The lowest BCUT2D eigenvalue weighted by Crippen LogP contribution is -2.37. The first-order valence-electron chi connectivity index (χ1n) is 8.82. The van der Waals surface area contributed by atoms with E-state index in [1.165, 1.54) is 24.3 Å². The molecule has 138 valence electrons. The van der Waals surface area contributed by atoms with Crippen molar-refractivity contribution in [3.8, 4) is 0 Å². The van der Waals surface area contributed by atoms with Gasteiger partial charge >= 0.3 is 0 Å². The molecule has 0 unspecified atom stereocenters. The van der Waals surface area contributed by atoms with Gasteiger partial charge < -0.3 is 10.2 Å². The van der Waals surface area contributed by atoms with Gasteiger partial charge in [-0.25, -0.2) is 9.37 Å². The minimum absolute atomic E-state index is 0.0205. The van der Waals surface area contributed by atoms with Crippen LogP contribution in [0.4, 0.5) is 4.39 Å². The Hall–Kier alpha value is -2.28. The molecule has 1 aliphatic heterocycles. The first kappa shape index (κ1) is 18.5. The molecule has 3 rings (SSSR count). The number of hydrogen-bond acceptors (Lipinski definition) is 4. The fourth-order valence-corrected chi connectivity index (χ4v) is 4.00. The maximum atomic E-state index is 13.0. The van der Waals surface area contributed by atoms with Crippen LogP contribution in [0.25, 0.3) is 0 Å². The summed E-state index contributed by atoms with van der Waals surface area (Å²) in [5, 5.41) is 5.89. The molecule has 1 saturated heterocycles. The lowest BCUT2D eigenvalue weighted by Gasteiger charge is -2.31. The molecular formula is C19H22FN3O2S. The highest BCUT2D eigenvalue weighted by Crippen LogP contribution is 2.30. The van der Waals surface area contributed by atoms with Crippen LogP contribution in [0.3, 0.4) is 0 Å². The molecule has 26 heavy (non-hydrogen) atoms. The Kier molecular flexibility index (Phi) is 5.98. The van der Waals surface area contributed by atoms with Crippen molar-refractivity contribution >= 4 is 23.2 Å². The van der Waals surface area contributed by atoms with Gasteiger partial charge in [-0.2, -0.15) is 0 Å². The van der Waals surface area contributed by atoms with E-state index in [1.807, 2.05) is 17.2 Å². The number of aromatic nitrogens is 1. The summed E-state index contributed by atoms with van der Waals surface area (Å²) in [7, 11) is 0. The van der Waals surface area contributed by atoms with Crippen molar-refractivity contribution in [3.63, 3.8) is 0 Å². The molecule has 0 atom stereocenters. The standard InChI is InChI=1S/C19H22FN3O2S/c1-2-17(24)21-11-16-12-26-18(22-16)13-7-9-23(10-8-13)19(25)14-3-5-15(20)6-4-14/h3-6,12-13H,2,7-11H2,1H3,(H,21,24). The van der Waals surface area contributed by atoms with Crippen molar-refractivity contribution in [2.75, 3.05) is 13.1 Å². The van der Waals surface area contributed by atoms with Gasteiger partial charge in [-0.15, -0.1) is 11.3 Å². The topological polar surface area (TPSA) is 62.3 Å². The van der Waals surface area contributed by atoms with Crippen molar-refractivity contribution in [1.82, 2.24) is 15.2 Å². The monoisotopic (exact) mass is 375 g/mol. The highest BCUT2D eigenvalue weighted by Gasteiger charge is 2.26. The number of piperidine rings is 1. The van der Waals surface area contributed by atoms with Gasteiger partial charge in [-0.3, -0.25) is 9.59 Å². The molecule has 5 nitrogen and oxygen atoms in total. The molecular weight excluding hydrogens is 353 g/mol. The van der Waals surface area contributed by atoms with E-state index in [9.17, 15) is 14.0 Å². The fourth-order valence-electron chi connectivity index (χ4n) is 3.01. The molecule has 7 heteroatoms. The number of likely N-dealkylation sites (tertiary alicyclic amines) is 1. The molecule has 2 aromatic rings. The molecule has 0 saturated carbocycles. The first-order chi connectivity index (χ1) is 12.6. The Morgan fingerprint density at radius 1 is 1.27 bits per heavy atom. The third-order valence-electron chi connectivity index (χ3n) is 4.58. The molecule has 0 spiro atoms. The van der Waals surface area contributed by atoms with Gasteiger partial charge in [0.2, 0.25) is 5.91 Å². The lowest BCUT2D eigenvalue weighted by atomic mass is 9.97. The SMILES string of the molecule is CCC(=O)NCc1csc(C2CCN(C(=O)c3ccc(F)cc3)CC2)n1. The van der Waals surface area contributed by atoms with Crippen LogP contribution in [0, 0.1) is 5.82 Å². The number of nitrogens with one attached hydrogen (secondary N) is 1. The highest BCUT2D eigenvalue weighted by molar-refractivity contribution is 7.09. The largest absolute Gasteiger partial charge is 0.350 e. The smallest absolute Gasteiger partial charge is 0.253 e. The number of halogens is 1. The Bertz CT molecular complexity index is 767. The Balaban J connectivity index is 1.53. The van der Waals surface area contributed by atoms with Crippen LogP contribution >= 0.6 is 11.3 Å². The number of rotatable bonds is 5. The van der Waals surface area contributed by atoms with Gasteiger partial charge in [0.25, 0.3) is 5.91 Å². The minimum atomic E-state index is -0.338. The predicted molar refractivity (Wildman–Crippen MR) is 98.5 cm³/mol. The number of amides is 2. The number of carbonyl (C=O) groups excluding carboxylic acids is 2. The molecule has 0 radical (unpaired) electrons. The van der Waals surface area contributed by atoms with Crippen LogP contribution in [-0.2, 0) is 11.3 Å². The van der Waals surface area contributed by atoms with Gasteiger partial charge in [0.15, 0.2) is 0 Å². The van der Waals surface area contributed by atoms with E-state index in [0.717, 1.165) is 23.5 Å². The van der Waals surface area contributed by atoms with E-state index >= 15 is 0 Å². The quantitative estimate of drug-likeness (QED) is 0.872. The lowest BCUT2D eigenvalue weighted by molar-refractivity contribution is -0.120. The van der Waals surface area contributed by atoms with Crippen molar-refractivity contribution in [2.45, 2.75) is 38.6 Å². The summed E-state index contributed by atoms with van der Waals surface area (Å²) in [5.41, 5.74) is 1.41. The summed E-state index contributed by atoms with van der Waals surface area (Å²) in [4.78, 5) is 30.3. The molecule has 0 bridgehead atoms. The zero-order chi connectivity index (χ0) is 18.5. The van der Waals surface area contributed by atoms with E-state index in [2.05, 4.69) is 10.3 Å².